The molecule has 10 heteroatoms. The van der Waals surface area contributed by atoms with Crippen LogP contribution in [0, 0.1) is 6.92 Å². The van der Waals surface area contributed by atoms with Crippen molar-refractivity contribution in [2.75, 3.05) is 17.3 Å². The van der Waals surface area contributed by atoms with Gasteiger partial charge >= 0.3 is 0 Å². The lowest BCUT2D eigenvalue weighted by Gasteiger charge is -2.14. The Balaban J connectivity index is 1.55. The van der Waals surface area contributed by atoms with Crippen molar-refractivity contribution in [2.24, 2.45) is 0 Å². The summed E-state index contributed by atoms with van der Waals surface area (Å²) in [5.74, 6) is 0.621. The van der Waals surface area contributed by atoms with Crippen molar-refractivity contribution in [3.8, 4) is 0 Å². The minimum absolute atomic E-state index is 0.0815. The summed E-state index contributed by atoms with van der Waals surface area (Å²) < 4.78 is 25.0. The van der Waals surface area contributed by atoms with Gasteiger partial charge in [-0.1, -0.05) is 11.8 Å². The van der Waals surface area contributed by atoms with Crippen LogP contribution in [0.5, 0.6) is 0 Å². The molecule has 1 saturated heterocycles. The monoisotopic (exact) mass is 364 g/mol. The number of nitrogens with zero attached hydrogens (tertiary/aromatic N) is 3. The molecular weight excluding hydrogens is 348 g/mol. The topological polar surface area (TPSA) is 94.0 Å². The first kappa shape index (κ1) is 16.1. The normalized spacial score (nSPS) is 27.0. The third-order valence-electron chi connectivity index (χ3n) is 3.71. The smallest absolute Gasteiger partial charge is 0.230 e. The average Bonchev–Trinajstić information content (AvgIpc) is 3.13. The molecule has 0 bridgehead atoms. The van der Waals surface area contributed by atoms with Crippen LogP contribution in [0.2, 0.25) is 0 Å². The van der Waals surface area contributed by atoms with Crippen LogP contribution in [-0.4, -0.2) is 57.8 Å². The van der Waals surface area contributed by atoms with E-state index in [1.54, 1.807) is 0 Å². The molecule has 1 aliphatic carbocycles. The zero-order valence-corrected chi connectivity index (χ0v) is 14.4. The molecule has 22 heavy (non-hydrogen) atoms. The van der Waals surface area contributed by atoms with Crippen LogP contribution < -0.4 is 5.32 Å². The van der Waals surface area contributed by atoms with Crippen LogP contribution >= 0.6 is 23.4 Å². The lowest BCUT2D eigenvalue weighted by Crippen LogP contribution is -2.41. The zero-order chi connectivity index (χ0) is 15.9. The van der Waals surface area contributed by atoms with Crippen molar-refractivity contribution in [3.05, 3.63) is 5.82 Å². The van der Waals surface area contributed by atoms with Crippen LogP contribution in [0.25, 0.3) is 0 Å². The summed E-state index contributed by atoms with van der Waals surface area (Å²) in [6, 6.07) is -0.0597. The molecule has 2 aliphatic rings. The molecule has 1 aromatic heterocycles. The molecule has 0 spiro atoms. The first-order valence-electron chi connectivity index (χ1n) is 7.04. The molecule has 7 nitrogen and oxygen atoms in total. The summed E-state index contributed by atoms with van der Waals surface area (Å²) in [7, 11) is -3.14. The zero-order valence-electron chi connectivity index (χ0n) is 12.0. The van der Waals surface area contributed by atoms with E-state index in [9.17, 15) is 13.2 Å². The Labute approximate surface area is 138 Å². The van der Waals surface area contributed by atoms with E-state index in [-0.39, 0.29) is 23.2 Å². The Morgan fingerprint density at radius 3 is 2.73 bits per heavy atom. The number of aryl methyl sites for hydroxylation is 1. The van der Waals surface area contributed by atoms with E-state index in [4.69, 9.17) is 11.6 Å². The summed E-state index contributed by atoms with van der Waals surface area (Å²) in [5.41, 5.74) is 0. The Hall–Kier alpha value is -0.800. The predicted molar refractivity (Wildman–Crippen MR) is 84.0 cm³/mol. The van der Waals surface area contributed by atoms with Gasteiger partial charge in [0.05, 0.1) is 28.7 Å². The van der Waals surface area contributed by atoms with Gasteiger partial charge < -0.3 is 9.88 Å². The first-order chi connectivity index (χ1) is 10.4. The van der Waals surface area contributed by atoms with Gasteiger partial charge in [0, 0.05) is 6.04 Å². The third-order valence-corrected chi connectivity index (χ3v) is 7.03. The molecule has 3 rings (SSSR count). The maximum Gasteiger partial charge on any atom is 0.230 e. The van der Waals surface area contributed by atoms with E-state index < -0.39 is 21.3 Å². The van der Waals surface area contributed by atoms with Crippen LogP contribution in [0.3, 0.4) is 0 Å². The van der Waals surface area contributed by atoms with E-state index in [0.29, 0.717) is 6.04 Å². The van der Waals surface area contributed by atoms with Gasteiger partial charge in [-0.05, 0) is 19.8 Å². The number of alkyl halides is 1. The van der Waals surface area contributed by atoms with Gasteiger partial charge in [-0.2, -0.15) is 0 Å². The highest BCUT2D eigenvalue weighted by Gasteiger charge is 2.37. The number of hydrogen-bond acceptors (Lipinski definition) is 6. The molecule has 0 radical (unpaired) electrons. The number of thioether (sulfide) groups is 1. The fourth-order valence-electron chi connectivity index (χ4n) is 2.52. The van der Waals surface area contributed by atoms with E-state index in [0.717, 1.165) is 23.8 Å². The molecule has 1 aliphatic heterocycles. The highest BCUT2D eigenvalue weighted by molar-refractivity contribution is 7.99. The van der Waals surface area contributed by atoms with Gasteiger partial charge in [-0.15, -0.1) is 21.8 Å². The number of carbonyl (C=O) groups excluding carboxylic acids is 1. The van der Waals surface area contributed by atoms with Gasteiger partial charge in [-0.25, -0.2) is 8.42 Å². The van der Waals surface area contributed by atoms with Gasteiger partial charge in [0.15, 0.2) is 15.0 Å². The second-order valence-electron chi connectivity index (χ2n) is 5.69. The maximum atomic E-state index is 12.0. The Morgan fingerprint density at radius 1 is 1.41 bits per heavy atom. The summed E-state index contributed by atoms with van der Waals surface area (Å²) in [6.07, 6.45) is 2.24. The van der Waals surface area contributed by atoms with Crippen LogP contribution in [0.1, 0.15) is 24.7 Å². The summed E-state index contributed by atoms with van der Waals surface area (Å²) >= 11 is 7.29. The Morgan fingerprint density at radius 2 is 2.14 bits per heavy atom. The highest BCUT2D eigenvalue weighted by Crippen LogP contribution is 2.38. The number of amides is 1. The SMILES string of the molecule is Cc1nnc(SCC(=O)N[C@@H]2CS(=O)(=O)C[C@H]2Cl)n1C1CC1. The molecule has 2 heterocycles. The lowest BCUT2D eigenvalue weighted by atomic mass is 10.2. The first-order valence-corrected chi connectivity index (χ1v) is 10.3. The van der Waals surface area contributed by atoms with Gasteiger partial charge in [0.25, 0.3) is 0 Å². The van der Waals surface area contributed by atoms with Crippen molar-refractivity contribution in [1.29, 1.82) is 0 Å². The maximum absolute atomic E-state index is 12.0. The van der Waals surface area contributed by atoms with Crippen LogP contribution in [0.4, 0.5) is 0 Å². The predicted octanol–water partition coefficient (Wildman–Crippen LogP) is 0.534. The number of carbonyl (C=O) groups is 1. The minimum atomic E-state index is -3.14. The van der Waals surface area contributed by atoms with Crippen molar-refractivity contribution < 1.29 is 13.2 Å². The van der Waals surface area contributed by atoms with Crippen molar-refractivity contribution in [1.82, 2.24) is 20.1 Å². The van der Waals surface area contributed by atoms with E-state index in [2.05, 4.69) is 20.1 Å². The molecule has 1 amide bonds. The lowest BCUT2D eigenvalue weighted by molar-refractivity contribution is -0.119. The molecule has 0 unspecified atom stereocenters. The standard InChI is InChI=1S/C12H17ClN4O3S2/c1-7-15-16-12(17(7)8-2-3-8)21-4-11(18)14-10-6-22(19,20)5-9(10)13/h8-10H,2-6H2,1H3,(H,14,18)/t9-,10-/m1/s1. The van der Waals surface area contributed by atoms with Crippen LogP contribution in [-0.2, 0) is 14.6 Å². The Kier molecular flexibility index (Phi) is 4.39. The highest BCUT2D eigenvalue weighted by atomic mass is 35.5. The third kappa shape index (κ3) is 3.57. The van der Waals surface area contributed by atoms with E-state index >= 15 is 0 Å². The number of sulfone groups is 1. The van der Waals surface area contributed by atoms with Crippen molar-refractivity contribution >= 4 is 39.1 Å². The number of nitrogens with one attached hydrogen (secondary N) is 1. The second kappa shape index (κ2) is 6.01. The van der Waals surface area contributed by atoms with Crippen molar-refractivity contribution in [2.45, 2.75) is 42.4 Å². The Bertz CT molecular complexity index is 687. The minimum Gasteiger partial charge on any atom is -0.350 e. The number of aromatic nitrogens is 3. The second-order valence-corrected chi connectivity index (χ2v) is 9.34. The molecule has 1 N–H and O–H groups in total. The molecule has 1 saturated carbocycles. The summed E-state index contributed by atoms with van der Waals surface area (Å²) in [5, 5.41) is 11.0. The van der Waals surface area contributed by atoms with Crippen molar-refractivity contribution in [3.63, 3.8) is 0 Å². The van der Waals surface area contributed by atoms with Gasteiger partial charge in [0.1, 0.15) is 5.82 Å². The molecule has 0 aromatic carbocycles. The number of halogens is 1. The quantitative estimate of drug-likeness (QED) is 0.605. The molecule has 122 valence electrons. The van der Waals surface area contributed by atoms with Crippen LogP contribution in [0.15, 0.2) is 5.16 Å². The van der Waals surface area contributed by atoms with E-state index in [1.165, 1.54) is 11.8 Å². The number of rotatable bonds is 5. The molecular formula is C12H17ClN4O3S2. The van der Waals surface area contributed by atoms with E-state index in [1.807, 2.05) is 6.92 Å². The molecule has 1 aromatic rings. The summed E-state index contributed by atoms with van der Waals surface area (Å²) in [4.78, 5) is 12.0. The fourth-order valence-corrected chi connectivity index (χ4v) is 5.93. The van der Waals surface area contributed by atoms with Gasteiger partial charge in [-0.3, -0.25) is 4.79 Å². The fraction of sp³-hybridized carbons (Fsp3) is 0.750. The molecule has 2 fully saturated rings. The summed E-state index contributed by atoms with van der Waals surface area (Å²) in [6.45, 7) is 1.90. The number of hydrogen-bond donors (Lipinski definition) is 1. The average molecular weight is 365 g/mol. The largest absolute Gasteiger partial charge is 0.350 e. The van der Waals surface area contributed by atoms with Gasteiger partial charge in [0.2, 0.25) is 5.91 Å². The molecule has 2 atom stereocenters.